The van der Waals surface area contributed by atoms with Crippen LogP contribution in [-0.2, 0) is 6.54 Å². The summed E-state index contributed by atoms with van der Waals surface area (Å²) in [5.41, 5.74) is 2.03. The number of nitrogens with zero attached hydrogens (tertiary/aromatic N) is 3. The number of amides is 2. The van der Waals surface area contributed by atoms with Crippen LogP contribution in [0.25, 0.3) is 0 Å². The van der Waals surface area contributed by atoms with Gasteiger partial charge < -0.3 is 24.0 Å². The highest BCUT2D eigenvalue weighted by Crippen LogP contribution is 2.41. The second-order valence-electron chi connectivity index (χ2n) is 8.82. The number of methoxy groups -OCH3 is 3. The van der Waals surface area contributed by atoms with E-state index in [2.05, 4.69) is 0 Å². The van der Waals surface area contributed by atoms with E-state index in [0.29, 0.717) is 54.7 Å². The molecule has 1 fully saturated rings. The molecule has 9 heteroatoms. The average Bonchev–Trinajstić information content (AvgIpc) is 3.45. The van der Waals surface area contributed by atoms with Crippen LogP contribution in [0.5, 0.6) is 17.2 Å². The van der Waals surface area contributed by atoms with Crippen molar-refractivity contribution in [1.82, 2.24) is 14.8 Å². The number of benzene rings is 2. The first-order valence-corrected chi connectivity index (χ1v) is 13.3. The Bertz CT molecular complexity index is 1220. The standard InChI is InChI=1S/C28H33N3O5S/c1-5-30(17-19-9-7-6-8-10-19)28(33)22-18-37-26(29-22)20-13-15-31(16-14-20)27(32)21-11-12-23(34-2)25(36-4)24(21)35-3/h6-12,18,20H,5,13-17H2,1-4H3. The van der Waals surface area contributed by atoms with Crippen LogP contribution in [0.1, 0.15) is 57.1 Å². The lowest BCUT2D eigenvalue weighted by Crippen LogP contribution is -2.38. The van der Waals surface area contributed by atoms with Crippen LogP contribution in [0.4, 0.5) is 0 Å². The number of ether oxygens (including phenoxy) is 3. The van der Waals surface area contributed by atoms with Gasteiger partial charge >= 0.3 is 0 Å². The molecule has 0 atom stereocenters. The molecule has 0 aliphatic carbocycles. The molecular weight excluding hydrogens is 490 g/mol. The normalized spacial score (nSPS) is 13.8. The predicted molar refractivity (Wildman–Crippen MR) is 143 cm³/mol. The monoisotopic (exact) mass is 523 g/mol. The first kappa shape index (κ1) is 26.5. The minimum absolute atomic E-state index is 0.0537. The molecule has 0 bridgehead atoms. The summed E-state index contributed by atoms with van der Waals surface area (Å²) in [5, 5.41) is 2.81. The van der Waals surface area contributed by atoms with Crippen molar-refractivity contribution in [2.45, 2.75) is 32.2 Å². The van der Waals surface area contributed by atoms with Crippen LogP contribution in [0.2, 0.25) is 0 Å². The summed E-state index contributed by atoms with van der Waals surface area (Å²) in [6.07, 6.45) is 1.56. The number of thiazole rings is 1. The van der Waals surface area contributed by atoms with Crippen LogP contribution in [-0.4, -0.2) is 67.6 Å². The molecule has 196 valence electrons. The SMILES string of the molecule is CCN(Cc1ccccc1)C(=O)c1csc(C2CCN(C(=O)c3ccc(OC)c(OC)c3OC)CC2)n1. The summed E-state index contributed by atoms with van der Waals surface area (Å²) in [5.74, 6) is 1.33. The van der Waals surface area contributed by atoms with Gasteiger partial charge in [-0.2, -0.15) is 0 Å². The van der Waals surface area contributed by atoms with Gasteiger partial charge in [-0.15, -0.1) is 11.3 Å². The van der Waals surface area contributed by atoms with Gasteiger partial charge in [0.1, 0.15) is 5.69 Å². The summed E-state index contributed by atoms with van der Waals surface area (Å²) < 4.78 is 16.3. The third-order valence-corrected chi connectivity index (χ3v) is 7.70. The van der Waals surface area contributed by atoms with Gasteiger partial charge in [0.15, 0.2) is 11.5 Å². The molecule has 3 aromatic rings. The molecule has 1 aliphatic heterocycles. The van der Waals surface area contributed by atoms with Gasteiger partial charge in [0, 0.05) is 37.5 Å². The Morgan fingerprint density at radius 3 is 2.32 bits per heavy atom. The fraction of sp³-hybridized carbons (Fsp3) is 0.393. The van der Waals surface area contributed by atoms with Crippen LogP contribution in [0, 0.1) is 0 Å². The molecule has 2 aromatic carbocycles. The zero-order chi connectivity index (χ0) is 26.4. The highest BCUT2D eigenvalue weighted by atomic mass is 32.1. The molecule has 0 N–H and O–H groups in total. The number of aromatic nitrogens is 1. The van der Waals surface area contributed by atoms with E-state index in [-0.39, 0.29) is 17.7 Å². The molecule has 0 saturated carbocycles. The number of carbonyl (C=O) groups is 2. The quantitative estimate of drug-likeness (QED) is 0.399. The van der Waals surface area contributed by atoms with E-state index in [1.807, 2.05) is 52.4 Å². The van der Waals surface area contributed by atoms with Crippen molar-refractivity contribution in [2.24, 2.45) is 0 Å². The first-order valence-electron chi connectivity index (χ1n) is 12.4. The van der Waals surface area contributed by atoms with E-state index >= 15 is 0 Å². The van der Waals surface area contributed by atoms with Crippen molar-refractivity contribution in [3.63, 3.8) is 0 Å². The number of rotatable bonds is 9. The van der Waals surface area contributed by atoms with Gasteiger partial charge in [-0.1, -0.05) is 30.3 Å². The van der Waals surface area contributed by atoms with E-state index in [1.165, 1.54) is 25.6 Å². The Balaban J connectivity index is 1.40. The Morgan fingerprint density at radius 1 is 1.00 bits per heavy atom. The van der Waals surface area contributed by atoms with Crippen LogP contribution >= 0.6 is 11.3 Å². The summed E-state index contributed by atoms with van der Waals surface area (Å²) >= 11 is 1.53. The fourth-order valence-corrected chi connectivity index (χ4v) is 5.60. The summed E-state index contributed by atoms with van der Waals surface area (Å²) in [6.45, 7) is 4.34. The molecule has 1 aliphatic rings. The van der Waals surface area contributed by atoms with Crippen molar-refractivity contribution >= 4 is 23.2 Å². The Kier molecular flexibility index (Phi) is 8.66. The third kappa shape index (κ3) is 5.72. The maximum atomic E-state index is 13.3. The van der Waals surface area contributed by atoms with Gasteiger partial charge in [0.2, 0.25) is 5.75 Å². The average molecular weight is 524 g/mol. The van der Waals surface area contributed by atoms with Gasteiger partial charge in [-0.05, 0) is 37.5 Å². The zero-order valence-corrected chi connectivity index (χ0v) is 22.5. The van der Waals surface area contributed by atoms with E-state index in [9.17, 15) is 9.59 Å². The van der Waals surface area contributed by atoms with Crippen molar-refractivity contribution in [2.75, 3.05) is 41.0 Å². The second-order valence-corrected chi connectivity index (χ2v) is 9.71. The van der Waals surface area contributed by atoms with Crippen molar-refractivity contribution in [3.05, 3.63) is 69.7 Å². The maximum absolute atomic E-state index is 13.3. The lowest BCUT2D eigenvalue weighted by atomic mass is 9.96. The van der Waals surface area contributed by atoms with Crippen LogP contribution in [0.15, 0.2) is 47.8 Å². The van der Waals surface area contributed by atoms with Crippen molar-refractivity contribution in [3.8, 4) is 17.2 Å². The smallest absolute Gasteiger partial charge is 0.273 e. The molecule has 8 nitrogen and oxygen atoms in total. The van der Waals surface area contributed by atoms with Crippen molar-refractivity contribution < 1.29 is 23.8 Å². The maximum Gasteiger partial charge on any atom is 0.273 e. The van der Waals surface area contributed by atoms with E-state index in [4.69, 9.17) is 19.2 Å². The van der Waals surface area contributed by atoms with E-state index in [1.54, 1.807) is 19.2 Å². The molecule has 1 aromatic heterocycles. The number of piperidine rings is 1. The van der Waals surface area contributed by atoms with E-state index < -0.39 is 0 Å². The van der Waals surface area contributed by atoms with Gasteiger partial charge in [0.25, 0.3) is 11.8 Å². The minimum atomic E-state index is -0.106. The Labute approximate surface area is 221 Å². The fourth-order valence-electron chi connectivity index (χ4n) is 4.64. The molecule has 0 unspecified atom stereocenters. The topological polar surface area (TPSA) is 81.2 Å². The number of hydrogen-bond donors (Lipinski definition) is 0. The third-order valence-electron chi connectivity index (χ3n) is 6.69. The Morgan fingerprint density at radius 2 is 1.70 bits per heavy atom. The Hall–Kier alpha value is -3.59. The molecule has 1 saturated heterocycles. The van der Waals surface area contributed by atoms with Gasteiger partial charge in [-0.3, -0.25) is 9.59 Å². The summed E-state index contributed by atoms with van der Waals surface area (Å²) in [7, 11) is 4.58. The molecule has 2 amide bonds. The van der Waals surface area contributed by atoms with Crippen molar-refractivity contribution in [1.29, 1.82) is 0 Å². The number of likely N-dealkylation sites (tertiary alicyclic amines) is 1. The molecule has 2 heterocycles. The predicted octanol–water partition coefficient (Wildman–Crippen LogP) is 4.85. The van der Waals surface area contributed by atoms with Crippen LogP contribution < -0.4 is 14.2 Å². The molecule has 0 radical (unpaired) electrons. The second kappa shape index (κ2) is 12.1. The molecule has 4 rings (SSSR count). The molecular formula is C28H33N3O5S. The lowest BCUT2D eigenvalue weighted by molar-refractivity contribution is 0.0708. The van der Waals surface area contributed by atoms with Gasteiger partial charge in [-0.25, -0.2) is 4.98 Å². The highest BCUT2D eigenvalue weighted by Gasteiger charge is 2.30. The van der Waals surface area contributed by atoms with Crippen LogP contribution in [0.3, 0.4) is 0 Å². The molecule has 0 spiro atoms. The summed E-state index contributed by atoms with van der Waals surface area (Å²) in [6, 6.07) is 13.4. The minimum Gasteiger partial charge on any atom is -0.493 e. The number of hydrogen-bond acceptors (Lipinski definition) is 7. The largest absolute Gasteiger partial charge is 0.493 e. The summed E-state index contributed by atoms with van der Waals surface area (Å²) in [4.78, 5) is 34.8. The van der Waals surface area contributed by atoms with E-state index in [0.717, 1.165) is 23.4 Å². The van der Waals surface area contributed by atoms with Gasteiger partial charge in [0.05, 0.1) is 31.9 Å². The first-order chi connectivity index (χ1) is 18.0. The lowest BCUT2D eigenvalue weighted by Gasteiger charge is -2.31. The zero-order valence-electron chi connectivity index (χ0n) is 21.7. The highest BCUT2D eigenvalue weighted by molar-refractivity contribution is 7.09. The number of carbonyl (C=O) groups excluding carboxylic acids is 2. The molecule has 37 heavy (non-hydrogen) atoms.